The second-order valence-corrected chi connectivity index (χ2v) is 18.2. The Morgan fingerprint density at radius 1 is 0.806 bits per heavy atom. The second kappa shape index (κ2) is 21.9. The molecule has 7 rings (SSSR count). The maximum absolute atomic E-state index is 13.6. The van der Waals surface area contributed by atoms with Crippen LogP contribution < -0.4 is 15.2 Å². The summed E-state index contributed by atoms with van der Waals surface area (Å²) in [4.78, 5) is 22.2. The van der Waals surface area contributed by atoms with E-state index >= 15 is 0 Å². The number of pyridine rings is 1. The van der Waals surface area contributed by atoms with Crippen molar-refractivity contribution in [2.24, 2.45) is 12.8 Å². The first-order valence-corrected chi connectivity index (χ1v) is 23.2. The summed E-state index contributed by atoms with van der Waals surface area (Å²) in [5.41, 5.74) is 9.26. The van der Waals surface area contributed by atoms with Crippen LogP contribution in [0.4, 0.5) is 13.2 Å². The maximum atomic E-state index is 13.6. The average Bonchev–Trinajstić information content (AvgIpc) is 3.85. The van der Waals surface area contributed by atoms with E-state index in [-0.39, 0.29) is 15.9 Å². The lowest BCUT2D eigenvalue weighted by Gasteiger charge is -2.34. The minimum atomic E-state index is -4.37. The molecule has 332 valence electrons. The van der Waals surface area contributed by atoms with E-state index in [0.717, 1.165) is 63.7 Å². The molecule has 1 aliphatic heterocycles. The predicted octanol–water partition coefficient (Wildman–Crippen LogP) is 10.0. The molecule has 0 bridgehead atoms. The molecule has 6 aromatic rings. The third-order valence-electron chi connectivity index (χ3n) is 10.7. The first-order valence-electron chi connectivity index (χ1n) is 20.9. The number of piperazine rings is 1. The summed E-state index contributed by atoms with van der Waals surface area (Å²) in [7, 11) is -2.15. The summed E-state index contributed by atoms with van der Waals surface area (Å²) < 4.78 is 81.2. The summed E-state index contributed by atoms with van der Waals surface area (Å²) in [5, 5.41) is 1.79. The molecule has 0 spiro atoms. The molecular formula is C46H54F3N5O6S2. The van der Waals surface area contributed by atoms with Gasteiger partial charge in [0, 0.05) is 68.2 Å². The summed E-state index contributed by atoms with van der Waals surface area (Å²) in [6, 6.07) is 27.1. The van der Waals surface area contributed by atoms with Crippen LogP contribution in [0.5, 0.6) is 17.4 Å². The van der Waals surface area contributed by atoms with Crippen LogP contribution in [0.25, 0.3) is 21.0 Å². The van der Waals surface area contributed by atoms with Gasteiger partial charge >= 0.3 is 16.3 Å². The lowest BCUT2D eigenvalue weighted by Crippen LogP contribution is -2.48. The largest absolute Gasteiger partial charge is 0.484 e. The van der Waals surface area contributed by atoms with Gasteiger partial charge in [0.15, 0.2) is 6.61 Å². The third-order valence-corrected chi connectivity index (χ3v) is 13.1. The van der Waals surface area contributed by atoms with E-state index < -0.39 is 22.9 Å². The van der Waals surface area contributed by atoms with Crippen LogP contribution in [0.2, 0.25) is 0 Å². The van der Waals surface area contributed by atoms with Crippen LogP contribution in [0.15, 0.2) is 101 Å². The number of aryl methyl sites for hydroxylation is 2. The fourth-order valence-corrected chi connectivity index (χ4v) is 9.08. The Labute approximate surface area is 365 Å². The van der Waals surface area contributed by atoms with Crippen molar-refractivity contribution in [2.45, 2.75) is 74.7 Å². The molecule has 1 saturated heterocycles. The molecule has 4 heterocycles. The van der Waals surface area contributed by atoms with Crippen LogP contribution in [0, 0.1) is 0 Å². The highest BCUT2D eigenvalue weighted by Crippen LogP contribution is 2.30. The minimum Gasteiger partial charge on any atom is -0.484 e. The van der Waals surface area contributed by atoms with Gasteiger partial charge in [-0.3, -0.25) is 14.2 Å². The molecular weight excluding hydrogens is 840 g/mol. The molecule has 62 heavy (non-hydrogen) atoms. The molecule has 0 saturated carbocycles. The number of hydrogen-bond acceptors (Lipinski definition) is 9. The summed E-state index contributed by atoms with van der Waals surface area (Å²) in [6.07, 6.45) is 8.49. The highest BCUT2D eigenvalue weighted by molar-refractivity contribution is 7.88. The molecule has 0 unspecified atom stereocenters. The Morgan fingerprint density at radius 3 is 2.11 bits per heavy atom. The van der Waals surface area contributed by atoms with Crippen molar-refractivity contribution in [2.75, 3.05) is 39.3 Å². The number of hydrogen-bond donors (Lipinski definition) is 2. The number of nitrogens with two attached hydrogens (primary N) is 1. The number of carbonyl (C=O) groups excluding carboxylic acids is 1. The van der Waals surface area contributed by atoms with Gasteiger partial charge in [0.25, 0.3) is 5.91 Å². The minimum absolute atomic E-state index is 0.00583. The smallest absolute Gasteiger partial charge is 0.422 e. The molecule has 16 heteroatoms. The van der Waals surface area contributed by atoms with E-state index in [9.17, 15) is 26.4 Å². The number of rotatable bonds is 18. The normalized spacial score (nSPS) is 13.6. The van der Waals surface area contributed by atoms with E-state index in [1.165, 1.54) is 50.2 Å². The van der Waals surface area contributed by atoms with Gasteiger partial charge in [-0.25, -0.2) is 4.98 Å². The second-order valence-electron chi connectivity index (χ2n) is 15.5. The van der Waals surface area contributed by atoms with Gasteiger partial charge in [-0.2, -0.15) is 21.6 Å². The van der Waals surface area contributed by atoms with Crippen molar-refractivity contribution >= 4 is 48.4 Å². The van der Waals surface area contributed by atoms with Gasteiger partial charge in [0.1, 0.15) is 21.4 Å². The molecule has 0 radical (unpaired) electrons. The number of carbonyl (C=O) groups is 1. The van der Waals surface area contributed by atoms with Crippen molar-refractivity contribution < 1.29 is 40.4 Å². The van der Waals surface area contributed by atoms with Gasteiger partial charge in [0.05, 0.1) is 5.52 Å². The van der Waals surface area contributed by atoms with Gasteiger partial charge in [0.2, 0.25) is 5.88 Å². The molecule has 1 aliphatic rings. The van der Waals surface area contributed by atoms with Crippen LogP contribution in [0.1, 0.15) is 73.0 Å². The third kappa shape index (κ3) is 13.8. The Kier molecular flexibility index (Phi) is 16.4. The molecule has 0 atom stereocenters. The van der Waals surface area contributed by atoms with E-state index in [4.69, 9.17) is 19.8 Å². The van der Waals surface area contributed by atoms with Crippen molar-refractivity contribution in [3.63, 3.8) is 0 Å². The molecule has 0 aliphatic carbocycles. The van der Waals surface area contributed by atoms with E-state index in [2.05, 4.69) is 16.0 Å². The number of amides is 1. The Balaban J connectivity index is 0.000000418. The first kappa shape index (κ1) is 46.5. The SMILES string of the molecule is Cn1c(C(=O)N2CCN(Cc3ccc(OCC(F)(F)F)cc3)CC2)cc2ccc(Oc3ccc(CCCCCCCCCCN)cn3)cc21.O=S(=O)(O)c1cc2ccccc2s1. The van der Waals surface area contributed by atoms with Crippen LogP contribution >= 0.6 is 11.3 Å². The van der Waals surface area contributed by atoms with E-state index in [0.29, 0.717) is 50.0 Å². The van der Waals surface area contributed by atoms with Crippen LogP contribution in [-0.4, -0.2) is 83.7 Å². The Hall–Kier alpha value is -5.00. The lowest BCUT2D eigenvalue weighted by atomic mass is 10.1. The fourth-order valence-electron chi connectivity index (χ4n) is 7.32. The number of aromatic nitrogens is 2. The molecule has 3 N–H and O–H groups in total. The average molecular weight is 894 g/mol. The zero-order valence-corrected chi connectivity index (χ0v) is 36.5. The van der Waals surface area contributed by atoms with Crippen LogP contribution in [-0.2, 0) is 30.1 Å². The van der Waals surface area contributed by atoms with Crippen molar-refractivity contribution in [1.29, 1.82) is 0 Å². The maximum Gasteiger partial charge on any atom is 0.422 e. The van der Waals surface area contributed by atoms with E-state index in [1.54, 1.807) is 30.3 Å². The summed E-state index contributed by atoms with van der Waals surface area (Å²) >= 11 is 1.07. The Bertz CT molecular complexity index is 2430. The highest BCUT2D eigenvalue weighted by Gasteiger charge is 2.28. The van der Waals surface area contributed by atoms with Crippen LogP contribution in [0.3, 0.4) is 0 Å². The fraction of sp³-hybridized carbons (Fsp3) is 0.391. The molecule has 1 fully saturated rings. The lowest BCUT2D eigenvalue weighted by molar-refractivity contribution is -0.153. The number of halogens is 3. The molecule has 11 nitrogen and oxygen atoms in total. The quantitative estimate of drug-likeness (QED) is 0.0638. The number of alkyl halides is 3. The Morgan fingerprint density at radius 2 is 1.47 bits per heavy atom. The van der Waals surface area contributed by atoms with Crippen molar-refractivity contribution in [1.82, 2.24) is 19.4 Å². The zero-order valence-electron chi connectivity index (χ0n) is 34.9. The molecule has 3 aromatic heterocycles. The number of nitrogens with zero attached hydrogens (tertiary/aromatic N) is 4. The zero-order chi connectivity index (χ0) is 44.1. The summed E-state index contributed by atoms with van der Waals surface area (Å²) in [5.74, 6) is 1.36. The van der Waals surface area contributed by atoms with Gasteiger partial charge in [-0.15, -0.1) is 11.3 Å². The highest BCUT2D eigenvalue weighted by atomic mass is 32.3. The monoisotopic (exact) mass is 893 g/mol. The topological polar surface area (TPSA) is 140 Å². The summed E-state index contributed by atoms with van der Waals surface area (Å²) in [6.45, 7) is 2.69. The standard InChI is InChI=1S/C38H48F3N5O3.C8H6O3S2/c1-44-34-25-33(49-36-18-13-29(26-43-36)10-8-6-4-2-3-5-7-9-19-42)17-14-31(34)24-35(44)37(47)46-22-20-45(21-23-46)27-30-11-15-32(16-12-30)48-28-38(39,40)41;9-13(10,11)8-5-6-3-1-2-4-7(6)12-8/h11-18,24-26H,2-10,19-23,27-28,42H2,1H3;1-5H,(H,9,10,11). The number of fused-ring (bicyclic) bond motifs is 2. The molecule has 3 aromatic carbocycles. The van der Waals surface area contributed by atoms with Crippen molar-refractivity contribution in [3.05, 3.63) is 114 Å². The molecule has 1 amide bonds. The number of thiophene rings is 1. The van der Waals surface area contributed by atoms with E-state index in [1.807, 2.05) is 71.2 Å². The van der Waals surface area contributed by atoms with Gasteiger partial charge in [-0.05, 0) is 84.8 Å². The van der Waals surface area contributed by atoms with Crippen molar-refractivity contribution in [3.8, 4) is 17.4 Å². The number of unbranched alkanes of at least 4 members (excludes halogenated alkanes) is 7. The predicted molar refractivity (Wildman–Crippen MR) is 238 cm³/mol. The first-order chi connectivity index (χ1) is 29.8. The number of ether oxygens (including phenoxy) is 2. The van der Waals surface area contributed by atoms with Gasteiger partial charge < -0.3 is 24.7 Å². The van der Waals surface area contributed by atoms with Gasteiger partial charge in [-0.1, -0.05) is 74.9 Å². The number of benzene rings is 3.